The van der Waals surface area contributed by atoms with Crippen LogP contribution in [-0.2, 0) is 4.74 Å². The highest BCUT2D eigenvalue weighted by Crippen LogP contribution is 2.40. The zero-order chi connectivity index (χ0) is 14.8. The van der Waals surface area contributed by atoms with Crippen LogP contribution in [0.4, 0.5) is 0 Å². The van der Waals surface area contributed by atoms with Crippen LogP contribution in [-0.4, -0.2) is 19.2 Å². The molecule has 0 amide bonds. The molecule has 3 nitrogen and oxygen atoms in total. The Bertz CT molecular complexity index is 602. The maximum Gasteiger partial charge on any atom is 0.134 e. The monoisotopic (exact) mass is 287 g/mol. The van der Waals surface area contributed by atoms with Gasteiger partial charge in [-0.1, -0.05) is 32.0 Å². The van der Waals surface area contributed by atoms with Gasteiger partial charge >= 0.3 is 0 Å². The summed E-state index contributed by atoms with van der Waals surface area (Å²) in [5.74, 6) is 1.51. The van der Waals surface area contributed by atoms with E-state index in [9.17, 15) is 0 Å². The smallest absolute Gasteiger partial charge is 0.134 e. The van der Waals surface area contributed by atoms with Crippen molar-refractivity contribution in [1.82, 2.24) is 5.32 Å². The van der Waals surface area contributed by atoms with Gasteiger partial charge in [-0.15, -0.1) is 0 Å². The summed E-state index contributed by atoms with van der Waals surface area (Å²) in [6.07, 6.45) is 2.51. The van der Waals surface area contributed by atoms with Crippen LogP contribution < -0.4 is 5.32 Å². The van der Waals surface area contributed by atoms with Crippen molar-refractivity contribution in [3.05, 3.63) is 35.6 Å². The van der Waals surface area contributed by atoms with Crippen LogP contribution in [0.3, 0.4) is 0 Å². The van der Waals surface area contributed by atoms with E-state index in [4.69, 9.17) is 9.15 Å². The third-order valence-corrected chi connectivity index (χ3v) is 4.34. The molecule has 1 aromatic carbocycles. The predicted octanol–water partition coefficient (Wildman–Crippen LogP) is 4.21. The number of aryl methyl sites for hydroxylation is 1. The van der Waals surface area contributed by atoms with Gasteiger partial charge in [-0.25, -0.2) is 0 Å². The second-order valence-electron chi connectivity index (χ2n) is 6.32. The first-order valence-electron chi connectivity index (χ1n) is 8.00. The molecule has 2 unspecified atom stereocenters. The van der Waals surface area contributed by atoms with E-state index in [0.29, 0.717) is 12.0 Å². The molecule has 2 heterocycles. The summed E-state index contributed by atoms with van der Waals surface area (Å²) in [7, 11) is 0. The Morgan fingerprint density at radius 1 is 1.29 bits per heavy atom. The van der Waals surface area contributed by atoms with Gasteiger partial charge in [0.15, 0.2) is 0 Å². The summed E-state index contributed by atoms with van der Waals surface area (Å²) in [5, 5.41) is 4.77. The van der Waals surface area contributed by atoms with E-state index in [1.807, 2.05) is 12.1 Å². The molecule has 3 rings (SSSR count). The first kappa shape index (κ1) is 14.6. The van der Waals surface area contributed by atoms with Crippen molar-refractivity contribution in [3.8, 4) is 0 Å². The van der Waals surface area contributed by atoms with Crippen LogP contribution in [0.25, 0.3) is 11.0 Å². The van der Waals surface area contributed by atoms with E-state index in [0.717, 1.165) is 30.9 Å². The number of fused-ring (bicyclic) bond motifs is 1. The Balaban J connectivity index is 1.92. The minimum absolute atomic E-state index is 0.147. The number of hydrogen-bond donors (Lipinski definition) is 1. The number of nitrogens with one attached hydrogen (secondary N) is 1. The summed E-state index contributed by atoms with van der Waals surface area (Å²) >= 11 is 0. The van der Waals surface area contributed by atoms with Gasteiger partial charge in [0.1, 0.15) is 11.3 Å². The fraction of sp³-hybridized carbons (Fsp3) is 0.556. The minimum Gasteiger partial charge on any atom is -0.461 e. The Kier molecular flexibility index (Phi) is 4.32. The van der Waals surface area contributed by atoms with E-state index in [2.05, 4.69) is 38.2 Å². The first-order chi connectivity index (χ1) is 10.2. The molecule has 1 aliphatic heterocycles. The van der Waals surface area contributed by atoms with Gasteiger partial charge in [0.2, 0.25) is 0 Å². The SMILES string of the molecule is Cc1oc2ccccc2c1C1OCCCC1CNC(C)C. The average Bonchev–Trinajstić information content (AvgIpc) is 2.81. The number of ether oxygens (including phenoxy) is 1. The van der Waals surface area contributed by atoms with Crippen LogP contribution >= 0.6 is 0 Å². The number of hydrogen-bond acceptors (Lipinski definition) is 3. The Labute approximate surface area is 126 Å². The molecule has 0 saturated carbocycles. The lowest BCUT2D eigenvalue weighted by atomic mass is 9.88. The third-order valence-electron chi connectivity index (χ3n) is 4.34. The van der Waals surface area contributed by atoms with Gasteiger partial charge in [-0.2, -0.15) is 0 Å². The van der Waals surface area contributed by atoms with Crippen LogP contribution in [0, 0.1) is 12.8 Å². The average molecular weight is 287 g/mol. The Morgan fingerprint density at radius 2 is 2.10 bits per heavy atom. The van der Waals surface area contributed by atoms with Crippen molar-refractivity contribution in [2.24, 2.45) is 5.92 Å². The van der Waals surface area contributed by atoms with E-state index < -0.39 is 0 Å². The van der Waals surface area contributed by atoms with Crippen molar-refractivity contribution in [1.29, 1.82) is 0 Å². The molecule has 2 atom stereocenters. The van der Waals surface area contributed by atoms with Gasteiger partial charge in [0.25, 0.3) is 0 Å². The van der Waals surface area contributed by atoms with Crippen LogP contribution in [0.1, 0.15) is 44.1 Å². The highest BCUT2D eigenvalue weighted by Gasteiger charge is 2.31. The molecule has 0 bridgehead atoms. The summed E-state index contributed by atoms with van der Waals surface area (Å²) in [6, 6.07) is 8.79. The van der Waals surface area contributed by atoms with Crippen molar-refractivity contribution in [2.45, 2.75) is 45.8 Å². The zero-order valence-corrected chi connectivity index (χ0v) is 13.2. The van der Waals surface area contributed by atoms with E-state index in [1.54, 1.807) is 0 Å². The van der Waals surface area contributed by atoms with Crippen LogP contribution in [0.2, 0.25) is 0 Å². The molecule has 1 aliphatic rings. The second kappa shape index (κ2) is 6.20. The number of benzene rings is 1. The van der Waals surface area contributed by atoms with Gasteiger partial charge in [0, 0.05) is 36.1 Å². The zero-order valence-electron chi connectivity index (χ0n) is 13.2. The van der Waals surface area contributed by atoms with Crippen molar-refractivity contribution >= 4 is 11.0 Å². The summed E-state index contributed by atoms with van der Waals surface area (Å²) in [5.41, 5.74) is 2.22. The summed E-state index contributed by atoms with van der Waals surface area (Å²) in [6.45, 7) is 8.29. The molecule has 0 radical (unpaired) electrons. The van der Waals surface area contributed by atoms with Gasteiger partial charge in [0.05, 0.1) is 6.10 Å². The first-order valence-corrected chi connectivity index (χ1v) is 8.00. The molecular weight excluding hydrogens is 262 g/mol. The Morgan fingerprint density at radius 3 is 2.90 bits per heavy atom. The number of furan rings is 1. The third kappa shape index (κ3) is 2.99. The fourth-order valence-electron chi connectivity index (χ4n) is 3.30. The van der Waals surface area contributed by atoms with Crippen molar-refractivity contribution in [2.75, 3.05) is 13.2 Å². The van der Waals surface area contributed by atoms with Crippen molar-refractivity contribution in [3.63, 3.8) is 0 Å². The maximum absolute atomic E-state index is 6.16. The van der Waals surface area contributed by atoms with Gasteiger partial charge in [-0.3, -0.25) is 0 Å². The van der Waals surface area contributed by atoms with Gasteiger partial charge in [-0.05, 0) is 25.8 Å². The standard InChI is InChI=1S/C18H25NO2/c1-12(2)19-11-14-7-6-10-20-18(14)17-13(3)21-16-9-5-4-8-15(16)17/h4-5,8-9,12,14,18-19H,6-7,10-11H2,1-3H3. The van der Waals surface area contributed by atoms with Gasteiger partial charge < -0.3 is 14.5 Å². The highest BCUT2D eigenvalue weighted by atomic mass is 16.5. The highest BCUT2D eigenvalue weighted by molar-refractivity contribution is 5.82. The molecule has 1 aromatic heterocycles. The maximum atomic E-state index is 6.16. The van der Waals surface area contributed by atoms with E-state index >= 15 is 0 Å². The second-order valence-corrected chi connectivity index (χ2v) is 6.32. The molecule has 3 heteroatoms. The van der Waals surface area contributed by atoms with Crippen LogP contribution in [0.5, 0.6) is 0 Å². The summed E-state index contributed by atoms with van der Waals surface area (Å²) in [4.78, 5) is 0. The lowest BCUT2D eigenvalue weighted by Gasteiger charge is -2.32. The van der Waals surface area contributed by atoms with E-state index in [1.165, 1.54) is 17.4 Å². The summed E-state index contributed by atoms with van der Waals surface area (Å²) < 4.78 is 12.1. The molecule has 21 heavy (non-hydrogen) atoms. The molecule has 0 aliphatic carbocycles. The molecule has 1 fully saturated rings. The van der Waals surface area contributed by atoms with E-state index in [-0.39, 0.29) is 6.10 Å². The number of para-hydroxylation sites is 1. The molecule has 0 spiro atoms. The normalized spacial score (nSPS) is 23.0. The van der Waals surface area contributed by atoms with Crippen LogP contribution in [0.15, 0.2) is 28.7 Å². The fourth-order valence-corrected chi connectivity index (χ4v) is 3.30. The quantitative estimate of drug-likeness (QED) is 0.915. The lowest BCUT2D eigenvalue weighted by Crippen LogP contribution is -2.35. The largest absolute Gasteiger partial charge is 0.461 e. The number of rotatable bonds is 4. The molecule has 2 aromatic rings. The molecule has 1 saturated heterocycles. The molecular formula is C18H25NO2. The Hall–Kier alpha value is -1.32. The van der Waals surface area contributed by atoms with Crippen molar-refractivity contribution < 1.29 is 9.15 Å². The molecule has 1 N–H and O–H groups in total. The topological polar surface area (TPSA) is 34.4 Å². The molecule has 114 valence electrons. The predicted molar refractivity (Wildman–Crippen MR) is 85.5 cm³/mol. The minimum atomic E-state index is 0.147. The lowest BCUT2D eigenvalue weighted by molar-refractivity contribution is -0.0282.